The number of nitrogens with one attached hydrogen (secondary N) is 1. The Morgan fingerprint density at radius 3 is 2.47 bits per heavy atom. The van der Waals surface area contributed by atoms with E-state index in [0.29, 0.717) is 0 Å². The second-order valence-electron chi connectivity index (χ2n) is 2.73. The van der Waals surface area contributed by atoms with E-state index in [-0.39, 0.29) is 19.5 Å². The first-order valence-electron chi connectivity index (χ1n) is 5.06. The van der Waals surface area contributed by atoms with Crippen molar-refractivity contribution in [3.05, 3.63) is 48.3 Å². The quantitative estimate of drug-likeness (QED) is 0.493. The predicted octanol–water partition coefficient (Wildman–Crippen LogP) is 3.92. The summed E-state index contributed by atoms with van der Waals surface area (Å²) >= 11 is 0. The average molecular weight is 290 g/mol. The molecule has 0 aliphatic heterocycles. The number of allylic oxidation sites excluding steroid dienone is 4. The number of hydrogen-bond donors (Lipinski definition) is 1. The minimum absolute atomic E-state index is 0. The summed E-state index contributed by atoms with van der Waals surface area (Å²) in [5.74, 6) is 0. The van der Waals surface area contributed by atoms with Crippen LogP contribution in [0, 0.1) is 12.3 Å². The zero-order valence-electron chi connectivity index (χ0n) is 9.65. The molecule has 0 atom stereocenters. The third kappa shape index (κ3) is 11.3. The van der Waals surface area contributed by atoms with Gasteiger partial charge in [0.15, 0.2) is 0 Å². The molecule has 0 aliphatic rings. The van der Waals surface area contributed by atoms with Crippen LogP contribution in [0.4, 0.5) is 0 Å². The van der Waals surface area contributed by atoms with Crippen LogP contribution in [0.3, 0.4) is 0 Å². The van der Waals surface area contributed by atoms with Gasteiger partial charge in [-0.15, -0.1) is 12.6 Å². The normalized spacial score (nSPS) is 10.5. The Balaban J connectivity index is 0. The number of rotatable bonds is 3. The molecule has 0 saturated carbocycles. The van der Waals surface area contributed by atoms with E-state index in [1.807, 2.05) is 18.3 Å². The molecule has 0 fully saturated rings. The Kier molecular flexibility index (Phi) is 15.0. The zero-order valence-corrected chi connectivity index (χ0v) is 11.4. The van der Waals surface area contributed by atoms with Gasteiger partial charge in [0.1, 0.15) is 0 Å². The first kappa shape index (κ1) is 16.8. The summed E-state index contributed by atoms with van der Waals surface area (Å²) in [5, 5.41) is 0. The minimum atomic E-state index is 0. The Labute approximate surface area is 106 Å². The van der Waals surface area contributed by atoms with Gasteiger partial charge in [-0.2, -0.15) is 24.4 Å². The molecular weight excluding hydrogens is 271 g/mol. The number of hydrogen-bond acceptors (Lipinski definition) is 0. The molecule has 15 heavy (non-hydrogen) atoms. The van der Waals surface area contributed by atoms with Gasteiger partial charge in [0.25, 0.3) is 0 Å². The molecule has 0 aliphatic carbocycles. The molecule has 1 nitrogen and oxygen atoms in total. The average Bonchev–Trinajstić information content (AvgIpc) is 2.78. The summed E-state index contributed by atoms with van der Waals surface area (Å²) in [5.41, 5.74) is 1.37. The van der Waals surface area contributed by atoms with Crippen LogP contribution in [0.5, 0.6) is 0 Å². The summed E-state index contributed by atoms with van der Waals surface area (Å²) < 4.78 is 0. The van der Waals surface area contributed by atoms with Crippen LogP contribution in [0.2, 0.25) is 0 Å². The van der Waals surface area contributed by atoms with Crippen LogP contribution >= 0.6 is 0 Å². The standard InChI is InChI=1S/C9H15.C4H4N.Ru/c1-4-7-8-9(5-2)6-3;1-2-4-5-3-1;/h5,8H,4,6H2,1-3H3;1-3,5H;/q2*-1;+2. The van der Waals surface area contributed by atoms with Gasteiger partial charge in [-0.1, -0.05) is 27.2 Å². The van der Waals surface area contributed by atoms with Crippen LogP contribution in [0.25, 0.3) is 0 Å². The van der Waals surface area contributed by atoms with Gasteiger partial charge >= 0.3 is 19.5 Å². The molecule has 0 aromatic carbocycles. The molecule has 1 aromatic heterocycles. The molecule has 0 radical (unpaired) electrons. The second kappa shape index (κ2) is 13.4. The monoisotopic (exact) mass is 291 g/mol. The molecule has 84 valence electrons. The molecule has 2 heteroatoms. The molecule has 1 heterocycles. The zero-order chi connectivity index (χ0) is 10.6. The van der Waals surface area contributed by atoms with Crippen LogP contribution in [0.1, 0.15) is 33.6 Å². The summed E-state index contributed by atoms with van der Waals surface area (Å²) in [4.78, 5) is 2.74. The summed E-state index contributed by atoms with van der Waals surface area (Å²) in [6.45, 7) is 6.31. The van der Waals surface area contributed by atoms with E-state index in [0.717, 1.165) is 12.8 Å². The summed E-state index contributed by atoms with van der Waals surface area (Å²) in [6, 6.07) is 3.71. The number of aromatic amines is 1. The van der Waals surface area contributed by atoms with E-state index in [9.17, 15) is 0 Å². The summed E-state index contributed by atoms with van der Waals surface area (Å²) in [7, 11) is 0. The van der Waals surface area contributed by atoms with E-state index >= 15 is 0 Å². The van der Waals surface area contributed by atoms with Crippen LogP contribution in [-0.2, 0) is 19.5 Å². The molecule has 1 aromatic rings. The fraction of sp³-hybridized carbons (Fsp3) is 0.385. The van der Waals surface area contributed by atoms with Gasteiger partial charge in [0, 0.05) is 0 Å². The Morgan fingerprint density at radius 1 is 1.47 bits per heavy atom. The van der Waals surface area contributed by atoms with Gasteiger partial charge in [0.05, 0.1) is 0 Å². The van der Waals surface area contributed by atoms with Crippen molar-refractivity contribution in [3.63, 3.8) is 0 Å². The third-order valence-electron chi connectivity index (χ3n) is 1.71. The van der Waals surface area contributed by atoms with Gasteiger partial charge in [-0.05, 0) is 0 Å². The van der Waals surface area contributed by atoms with Crippen molar-refractivity contribution in [1.29, 1.82) is 0 Å². The number of H-pyrrole nitrogens is 1. The van der Waals surface area contributed by atoms with Crippen molar-refractivity contribution >= 4 is 0 Å². The first-order chi connectivity index (χ1) is 6.85. The van der Waals surface area contributed by atoms with Crippen molar-refractivity contribution in [2.75, 3.05) is 0 Å². The topological polar surface area (TPSA) is 15.8 Å². The third-order valence-corrected chi connectivity index (χ3v) is 1.71. The van der Waals surface area contributed by atoms with Gasteiger partial charge in [0.2, 0.25) is 0 Å². The van der Waals surface area contributed by atoms with E-state index in [4.69, 9.17) is 0 Å². The Morgan fingerprint density at radius 2 is 2.20 bits per heavy atom. The molecular formula is C13H19NRu. The largest absolute Gasteiger partial charge is 2.00 e. The first-order valence-corrected chi connectivity index (χ1v) is 5.06. The molecule has 0 saturated heterocycles. The van der Waals surface area contributed by atoms with Gasteiger partial charge < -0.3 is 4.98 Å². The molecule has 0 spiro atoms. The van der Waals surface area contributed by atoms with E-state index in [2.05, 4.69) is 50.2 Å². The Hall–Kier alpha value is -0.617. The van der Waals surface area contributed by atoms with Crippen LogP contribution in [0.15, 0.2) is 36.1 Å². The minimum Gasteiger partial charge on any atom is -0.484 e. The summed E-state index contributed by atoms with van der Waals surface area (Å²) in [6.07, 6.45) is 14.0. The maximum atomic E-state index is 3.16. The number of aromatic nitrogens is 1. The van der Waals surface area contributed by atoms with Gasteiger partial charge in [-0.25, -0.2) is 11.6 Å². The van der Waals surface area contributed by atoms with Crippen molar-refractivity contribution in [1.82, 2.24) is 4.98 Å². The SMILES string of the molecule is CC=C(C=[C-]CC)CC.[Ru+2].[c-]1ccc[nH]1. The van der Waals surface area contributed by atoms with Crippen molar-refractivity contribution in [3.8, 4) is 0 Å². The van der Waals surface area contributed by atoms with Crippen molar-refractivity contribution in [2.45, 2.75) is 33.6 Å². The van der Waals surface area contributed by atoms with E-state index < -0.39 is 0 Å². The maximum absolute atomic E-state index is 3.16. The van der Waals surface area contributed by atoms with E-state index in [1.165, 1.54) is 5.57 Å². The maximum Gasteiger partial charge on any atom is 2.00 e. The van der Waals surface area contributed by atoms with Crippen LogP contribution < -0.4 is 0 Å². The fourth-order valence-corrected chi connectivity index (χ4v) is 0.863. The Bertz CT molecular complexity index is 230. The van der Waals surface area contributed by atoms with Crippen molar-refractivity contribution in [2.24, 2.45) is 0 Å². The van der Waals surface area contributed by atoms with Crippen LogP contribution in [-0.4, -0.2) is 4.98 Å². The second-order valence-corrected chi connectivity index (χ2v) is 2.73. The predicted molar refractivity (Wildman–Crippen MR) is 61.8 cm³/mol. The molecule has 1 N–H and O–H groups in total. The molecule has 1 rings (SSSR count). The molecule has 0 bridgehead atoms. The smallest absolute Gasteiger partial charge is 0.484 e. The molecule has 0 amide bonds. The van der Waals surface area contributed by atoms with Gasteiger partial charge in [-0.3, -0.25) is 6.08 Å². The van der Waals surface area contributed by atoms with E-state index in [1.54, 1.807) is 0 Å². The fourth-order valence-electron chi connectivity index (χ4n) is 0.863. The van der Waals surface area contributed by atoms with Crippen molar-refractivity contribution < 1.29 is 19.5 Å². The molecule has 0 unspecified atom stereocenters.